The van der Waals surface area contributed by atoms with Crippen molar-refractivity contribution in [3.05, 3.63) is 29.3 Å². The predicted octanol–water partition coefficient (Wildman–Crippen LogP) is 3.82. The number of hydrogen-bond acceptors (Lipinski definition) is 3. The minimum atomic E-state index is -0.455. The number of ether oxygens (including phenoxy) is 1. The lowest BCUT2D eigenvalue weighted by atomic mass is 9.88. The second kappa shape index (κ2) is 5.96. The van der Waals surface area contributed by atoms with Crippen LogP contribution in [0.25, 0.3) is 0 Å². The molecular weight excluding hydrogens is 266 g/mol. The van der Waals surface area contributed by atoms with Crippen molar-refractivity contribution >= 4 is 6.09 Å². The van der Waals surface area contributed by atoms with Gasteiger partial charge in [-0.15, -0.1) is 0 Å². The van der Waals surface area contributed by atoms with Gasteiger partial charge in [-0.05, 0) is 63.6 Å². The number of likely N-dealkylation sites (tertiary alicyclic amines) is 1. The average molecular weight is 291 g/mol. The molecule has 0 bridgehead atoms. The van der Waals surface area contributed by atoms with Crippen molar-refractivity contribution in [2.24, 2.45) is 0 Å². The fraction of sp³-hybridized carbons (Fsp3) is 0.588. The third kappa shape index (κ3) is 4.13. The second-order valence-electron chi connectivity index (χ2n) is 6.80. The van der Waals surface area contributed by atoms with Gasteiger partial charge in [0.15, 0.2) is 0 Å². The van der Waals surface area contributed by atoms with Crippen LogP contribution in [0.4, 0.5) is 4.79 Å². The number of piperidine rings is 1. The fourth-order valence-corrected chi connectivity index (χ4v) is 2.70. The van der Waals surface area contributed by atoms with E-state index in [1.54, 1.807) is 11.0 Å². The third-order valence-corrected chi connectivity index (χ3v) is 3.77. The second-order valence-corrected chi connectivity index (χ2v) is 6.80. The van der Waals surface area contributed by atoms with Gasteiger partial charge in [-0.1, -0.05) is 12.1 Å². The number of phenolic OH excluding ortho intramolecular Hbond substituents is 1. The monoisotopic (exact) mass is 291 g/mol. The molecule has 1 aromatic rings. The van der Waals surface area contributed by atoms with Gasteiger partial charge in [0, 0.05) is 13.1 Å². The molecule has 116 valence electrons. The van der Waals surface area contributed by atoms with Gasteiger partial charge in [0.1, 0.15) is 11.4 Å². The molecule has 1 amide bonds. The van der Waals surface area contributed by atoms with Crippen LogP contribution in [0.5, 0.6) is 5.75 Å². The van der Waals surface area contributed by atoms with Gasteiger partial charge in [-0.2, -0.15) is 0 Å². The SMILES string of the molecule is Cc1ccc(C2CCN(C(=O)OC(C)(C)C)CC2)c(O)c1. The van der Waals surface area contributed by atoms with Gasteiger partial charge in [0.2, 0.25) is 0 Å². The summed E-state index contributed by atoms with van der Waals surface area (Å²) in [5.41, 5.74) is 1.59. The van der Waals surface area contributed by atoms with E-state index in [9.17, 15) is 9.90 Å². The summed E-state index contributed by atoms with van der Waals surface area (Å²) < 4.78 is 5.40. The Bertz CT molecular complexity index is 511. The number of rotatable bonds is 1. The number of carbonyl (C=O) groups excluding carboxylic acids is 1. The molecule has 1 aromatic carbocycles. The lowest BCUT2D eigenvalue weighted by Crippen LogP contribution is -2.41. The van der Waals surface area contributed by atoms with Crippen LogP contribution in [-0.2, 0) is 4.74 Å². The Morgan fingerprint density at radius 2 is 1.90 bits per heavy atom. The molecular formula is C17H25NO3. The Morgan fingerprint density at radius 3 is 2.43 bits per heavy atom. The third-order valence-electron chi connectivity index (χ3n) is 3.77. The molecule has 1 heterocycles. The molecule has 0 spiro atoms. The molecule has 4 nitrogen and oxygen atoms in total. The van der Waals surface area contributed by atoms with E-state index < -0.39 is 5.60 Å². The minimum Gasteiger partial charge on any atom is -0.508 e. The molecule has 0 unspecified atom stereocenters. The quantitative estimate of drug-likeness (QED) is 0.856. The molecule has 1 N–H and O–H groups in total. The minimum absolute atomic E-state index is 0.242. The van der Waals surface area contributed by atoms with E-state index in [1.165, 1.54) is 0 Å². The van der Waals surface area contributed by atoms with Crippen molar-refractivity contribution in [2.75, 3.05) is 13.1 Å². The van der Waals surface area contributed by atoms with E-state index in [0.29, 0.717) is 24.8 Å². The number of carbonyl (C=O) groups is 1. The summed E-state index contributed by atoms with van der Waals surface area (Å²) in [6.07, 6.45) is 1.47. The van der Waals surface area contributed by atoms with Crippen LogP contribution in [0, 0.1) is 6.92 Å². The van der Waals surface area contributed by atoms with Gasteiger partial charge in [0.05, 0.1) is 0 Å². The molecule has 0 aliphatic carbocycles. The first kappa shape index (κ1) is 15.7. The number of amides is 1. The number of nitrogens with zero attached hydrogens (tertiary/aromatic N) is 1. The highest BCUT2D eigenvalue weighted by Crippen LogP contribution is 2.34. The number of phenols is 1. The normalized spacial score (nSPS) is 16.9. The van der Waals surface area contributed by atoms with Crippen LogP contribution in [0.1, 0.15) is 50.7 Å². The summed E-state index contributed by atoms with van der Waals surface area (Å²) in [5, 5.41) is 10.1. The van der Waals surface area contributed by atoms with E-state index in [-0.39, 0.29) is 6.09 Å². The van der Waals surface area contributed by atoms with Crippen LogP contribution < -0.4 is 0 Å². The van der Waals surface area contributed by atoms with Crippen molar-refractivity contribution in [3.8, 4) is 5.75 Å². The Morgan fingerprint density at radius 1 is 1.29 bits per heavy atom. The highest BCUT2D eigenvalue weighted by atomic mass is 16.6. The van der Waals surface area contributed by atoms with Crippen LogP contribution >= 0.6 is 0 Å². The molecule has 0 radical (unpaired) electrons. The summed E-state index contributed by atoms with van der Waals surface area (Å²) in [5.74, 6) is 0.676. The predicted molar refractivity (Wildman–Crippen MR) is 82.6 cm³/mol. The van der Waals surface area contributed by atoms with Gasteiger partial charge in [-0.3, -0.25) is 0 Å². The Balaban J connectivity index is 1.95. The molecule has 1 aliphatic rings. The zero-order valence-corrected chi connectivity index (χ0v) is 13.3. The van der Waals surface area contributed by atoms with E-state index in [1.807, 2.05) is 39.8 Å². The number of aryl methyl sites for hydroxylation is 1. The van der Waals surface area contributed by atoms with Crippen LogP contribution in [-0.4, -0.2) is 34.8 Å². The molecule has 1 fully saturated rings. The summed E-state index contributed by atoms with van der Waals surface area (Å²) in [6.45, 7) is 8.94. The molecule has 2 rings (SSSR count). The Hall–Kier alpha value is -1.71. The highest BCUT2D eigenvalue weighted by Gasteiger charge is 2.28. The maximum Gasteiger partial charge on any atom is 0.410 e. The van der Waals surface area contributed by atoms with E-state index in [2.05, 4.69) is 0 Å². The van der Waals surface area contributed by atoms with Gasteiger partial charge in [0.25, 0.3) is 0 Å². The lowest BCUT2D eigenvalue weighted by molar-refractivity contribution is 0.0204. The Kier molecular flexibility index (Phi) is 4.45. The first-order valence-corrected chi connectivity index (χ1v) is 7.54. The van der Waals surface area contributed by atoms with E-state index in [4.69, 9.17) is 4.74 Å². The van der Waals surface area contributed by atoms with Crippen molar-refractivity contribution < 1.29 is 14.6 Å². The molecule has 21 heavy (non-hydrogen) atoms. The fourth-order valence-electron chi connectivity index (χ4n) is 2.70. The maximum absolute atomic E-state index is 12.0. The zero-order chi connectivity index (χ0) is 15.6. The van der Waals surface area contributed by atoms with Gasteiger partial charge < -0.3 is 14.7 Å². The Labute approximate surface area is 126 Å². The summed E-state index contributed by atoms with van der Waals surface area (Å²) in [4.78, 5) is 13.8. The van der Waals surface area contributed by atoms with Gasteiger partial charge in [-0.25, -0.2) is 4.79 Å². The first-order valence-electron chi connectivity index (χ1n) is 7.54. The standard InChI is InChI=1S/C17H25NO3/c1-12-5-6-14(15(19)11-12)13-7-9-18(10-8-13)16(20)21-17(2,3)4/h5-6,11,13,19H,7-10H2,1-4H3. The maximum atomic E-state index is 12.0. The molecule has 0 saturated carbocycles. The summed E-state index contributed by atoms with van der Waals surface area (Å²) in [7, 11) is 0. The highest BCUT2D eigenvalue weighted by molar-refractivity contribution is 5.68. The molecule has 1 aliphatic heterocycles. The van der Waals surface area contributed by atoms with Crippen molar-refractivity contribution in [3.63, 3.8) is 0 Å². The van der Waals surface area contributed by atoms with Gasteiger partial charge >= 0.3 is 6.09 Å². The molecule has 4 heteroatoms. The van der Waals surface area contributed by atoms with Crippen LogP contribution in [0.2, 0.25) is 0 Å². The number of hydrogen-bond donors (Lipinski definition) is 1. The zero-order valence-electron chi connectivity index (χ0n) is 13.3. The van der Waals surface area contributed by atoms with Crippen LogP contribution in [0.15, 0.2) is 18.2 Å². The molecule has 0 aromatic heterocycles. The summed E-state index contributed by atoms with van der Waals surface area (Å²) in [6, 6.07) is 5.82. The number of benzene rings is 1. The van der Waals surface area contributed by atoms with Crippen molar-refractivity contribution in [2.45, 2.75) is 52.1 Å². The van der Waals surface area contributed by atoms with E-state index >= 15 is 0 Å². The molecule has 0 atom stereocenters. The van der Waals surface area contributed by atoms with Crippen molar-refractivity contribution in [1.82, 2.24) is 4.90 Å². The van der Waals surface area contributed by atoms with Crippen molar-refractivity contribution in [1.29, 1.82) is 0 Å². The smallest absolute Gasteiger partial charge is 0.410 e. The largest absolute Gasteiger partial charge is 0.508 e. The average Bonchev–Trinajstić information content (AvgIpc) is 2.37. The van der Waals surface area contributed by atoms with Crippen LogP contribution in [0.3, 0.4) is 0 Å². The van der Waals surface area contributed by atoms with E-state index in [0.717, 1.165) is 24.0 Å². The number of aromatic hydroxyl groups is 1. The first-order chi connectivity index (χ1) is 9.76. The lowest BCUT2D eigenvalue weighted by Gasteiger charge is -2.33. The summed E-state index contributed by atoms with van der Waals surface area (Å²) >= 11 is 0. The topological polar surface area (TPSA) is 49.8 Å². The molecule has 1 saturated heterocycles.